The third-order valence-electron chi connectivity index (χ3n) is 2.18. The fraction of sp³-hybridized carbons (Fsp3) is 0. The maximum Gasteiger partial charge on any atom is 0.0733 e. The second-order valence-corrected chi connectivity index (χ2v) is 3.36. The summed E-state index contributed by atoms with van der Waals surface area (Å²) in [6.45, 7) is 0. The molecule has 0 amide bonds. The average Bonchev–Trinajstić information content (AvgIpc) is 2.33. The van der Waals surface area contributed by atoms with Crippen LogP contribution in [0.5, 0.6) is 0 Å². The number of nitrogens with one attached hydrogen (secondary N) is 1. The third kappa shape index (κ3) is 2.60. The minimum absolute atomic E-state index is 0.862. The molecule has 0 saturated heterocycles. The van der Waals surface area contributed by atoms with Gasteiger partial charge in [0.15, 0.2) is 0 Å². The molecule has 0 bridgehead atoms. The molecule has 0 aromatic heterocycles. The molecule has 3 heteroatoms. The Morgan fingerprint density at radius 1 is 0.875 bits per heavy atom. The lowest BCUT2D eigenvalue weighted by molar-refractivity contribution is 0.322. The fourth-order valence-electron chi connectivity index (χ4n) is 1.41. The van der Waals surface area contributed by atoms with Crippen LogP contribution in [0.2, 0.25) is 0 Å². The molecule has 80 valence electrons. The van der Waals surface area contributed by atoms with Gasteiger partial charge in [0.2, 0.25) is 0 Å². The van der Waals surface area contributed by atoms with Crippen LogP contribution in [0.1, 0.15) is 5.56 Å². The minimum Gasteiger partial charge on any atom is -0.411 e. The second kappa shape index (κ2) is 4.98. The monoisotopic (exact) mass is 212 g/mol. The van der Waals surface area contributed by atoms with Gasteiger partial charge < -0.3 is 10.5 Å². The highest BCUT2D eigenvalue weighted by Gasteiger charge is 1.93. The molecule has 0 spiro atoms. The van der Waals surface area contributed by atoms with Crippen LogP contribution >= 0.6 is 0 Å². The summed E-state index contributed by atoms with van der Waals surface area (Å²) in [6, 6.07) is 17.6. The molecule has 0 radical (unpaired) electrons. The summed E-state index contributed by atoms with van der Waals surface area (Å²) >= 11 is 0. The van der Waals surface area contributed by atoms with Crippen LogP contribution in [-0.2, 0) is 0 Å². The fourth-order valence-corrected chi connectivity index (χ4v) is 1.41. The van der Waals surface area contributed by atoms with Crippen molar-refractivity contribution >= 4 is 17.6 Å². The van der Waals surface area contributed by atoms with Gasteiger partial charge in [-0.05, 0) is 29.8 Å². The summed E-state index contributed by atoms with van der Waals surface area (Å²) in [4.78, 5) is 0. The minimum atomic E-state index is 0.862. The Bertz CT molecular complexity index is 463. The molecule has 0 aliphatic rings. The van der Waals surface area contributed by atoms with E-state index in [9.17, 15) is 0 Å². The lowest BCUT2D eigenvalue weighted by atomic mass is 10.2. The first-order valence-electron chi connectivity index (χ1n) is 4.98. The van der Waals surface area contributed by atoms with Gasteiger partial charge in [-0.2, -0.15) is 0 Å². The average molecular weight is 212 g/mol. The molecule has 0 saturated carbocycles. The molecule has 0 fully saturated rings. The predicted molar refractivity (Wildman–Crippen MR) is 65.5 cm³/mol. The van der Waals surface area contributed by atoms with E-state index in [1.165, 1.54) is 6.21 Å². The number of hydrogen-bond donors (Lipinski definition) is 2. The quantitative estimate of drug-likeness (QED) is 0.466. The van der Waals surface area contributed by atoms with Crippen molar-refractivity contribution in [3.05, 3.63) is 60.2 Å². The first kappa shape index (κ1) is 10.2. The van der Waals surface area contributed by atoms with E-state index >= 15 is 0 Å². The summed E-state index contributed by atoms with van der Waals surface area (Å²) < 4.78 is 0. The van der Waals surface area contributed by atoms with E-state index in [0.717, 1.165) is 16.9 Å². The van der Waals surface area contributed by atoms with Crippen LogP contribution in [0.4, 0.5) is 11.4 Å². The topological polar surface area (TPSA) is 44.6 Å². The molecular formula is C13H12N2O. The molecule has 0 aliphatic carbocycles. The number of nitrogens with zero attached hydrogens (tertiary/aromatic N) is 1. The van der Waals surface area contributed by atoms with Crippen LogP contribution in [0, 0.1) is 0 Å². The van der Waals surface area contributed by atoms with Crippen LogP contribution in [0.15, 0.2) is 59.8 Å². The summed E-state index contributed by atoms with van der Waals surface area (Å²) in [5, 5.41) is 14.6. The van der Waals surface area contributed by atoms with Crippen molar-refractivity contribution in [3.8, 4) is 0 Å². The summed E-state index contributed by atoms with van der Waals surface area (Å²) in [7, 11) is 0. The smallest absolute Gasteiger partial charge is 0.0733 e. The second-order valence-electron chi connectivity index (χ2n) is 3.36. The van der Waals surface area contributed by atoms with Gasteiger partial charge in [-0.25, -0.2) is 0 Å². The molecule has 0 atom stereocenters. The first-order valence-corrected chi connectivity index (χ1v) is 4.98. The van der Waals surface area contributed by atoms with E-state index in [4.69, 9.17) is 5.21 Å². The number of benzene rings is 2. The van der Waals surface area contributed by atoms with Crippen molar-refractivity contribution in [1.29, 1.82) is 0 Å². The van der Waals surface area contributed by atoms with E-state index < -0.39 is 0 Å². The lowest BCUT2D eigenvalue weighted by Gasteiger charge is -2.05. The Balaban J connectivity index is 2.11. The maximum atomic E-state index is 8.38. The van der Waals surface area contributed by atoms with E-state index in [1.54, 1.807) is 0 Å². The highest BCUT2D eigenvalue weighted by Crippen LogP contribution is 2.15. The molecule has 16 heavy (non-hydrogen) atoms. The third-order valence-corrected chi connectivity index (χ3v) is 2.18. The molecule has 3 nitrogen and oxygen atoms in total. The van der Waals surface area contributed by atoms with Gasteiger partial charge >= 0.3 is 0 Å². The van der Waals surface area contributed by atoms with Crippen molar-refractivity contribution in [3.63, 3.8) is 0 Å². The highest BCUT2D eigenvalue weighted by molar-refractivity contribution is 5.80. The molecule has 0 unspecified atom stereocenters. The number of rotatable bonds is 3. The van der Waals surface area contributed by atoms with Crippen LogP contribution in [0.3, 0.4) is 0 Å². The van der Waals surface area contributed by atoms with Gasteiger partial charge in [-0.3, -0.25) is 0 Å². The predicted octanol–water partition coefficient (Wildman–Crippen LogP) is 3.24. The number of anilines is 2. The van der Waals surface area contributed by atoms with Crippen molar-refractivity contribution < 1.29 is 5.21 Å². The van der Waals surface area contributed by atoms with E-state index in [-0.39, 0.29) is 0 Å². The highest BCUT2D eigenvalue weighted by atomic mass is 16.4. The number of hydrogen-bond acceptors (Lipinski definition) is 3. The Kier molecular flexibility index (Phi) is 3.18. The van der Waals surface area contributed by atoms with Crippen LogP contribution in [0.25, 0.3) is 0 Å². The van der Waals surface area contributed by atoms with Gasteiger partial charge in [0.1, 0.15) is 0 Å². The molecule has 2 N–H and O–H groups in total. The number of oxime groups is 1. The van der Waals surface area contributed by atoms with Crippen LogP contribution < -0.4 is 5.32 Å². The standard InChI is InChI=1S/C13H12N2O/c16-14-10-11-6-8-13(9-7-11)15-12-4-2-1-3-5-12/h1-10,15-16H/b14-10-. The SMILES string of the molecule is O/N=C\c1ccc(Nc2ccccc2)cc1. The summed E-state index contributed by atoms with van der Waals surface area (Å²) in [5.74, 6) is 0. The van der Waals surface area contributed by atoms with Gasteiger partial charge in [0.25, 0.3) is 0 Å². The molecule has 2 aromatic rings. The van der Waals surface area contributed by atoms with Crippen molar-refractivity contribution in [2.45, 2.75) is 0 Å². The zero-order chi connectivity index (χ0) is 11.2. The van der Waals surface area contributed by atoms with Gasteiger partial charge in [0, 0.05) is 11.4 Å². The number of para-hydroxylation sites is 1. The molecule has 0 heterocycles. The zero-order valence-corrected chi connectivity index (χ0v) is 8.67. The normalized spacial score (nSPS) is 10.5. The molecular weight excluding hydrogens is 200 g/mol. The zero-order valence-electron chi connectivity index (χ0n) is 8.67. The molecule has 2 rings (SSSR count). The summed E-state index contributed by atoms with van der Waals surface area (Å²) in [5.41, 5.74) is 2.91. The molecule has 2 aromatic carbocycles. The first-order chi connectivity index (χ1) is 7.88. The van der Waals surface area contributed by atoms with Crippen molar-refractivity contribution in [2.24, 2.45) is 5.16 Å². The van der Waals surface area contributed by atoms with Gasteiger partial charge in [-0.15, -0.1) is 0 Å². The lowest BCUT2D eigenvalue weighted by Crippen LogP contribution is -1.90. The maximum absolute atomic E-state index is 8.38. The largest absolute Gasteiger partial charge is 0.411 e. The van der Waals surface area contributed by atoms with Crippen molar-refractivity contribution in [2.75, 3.05) is 5.32 Å². The van der Waals surface area contributed by atoms with Crippen molar-refractivity contribution in [1.82, 2.24) is 0 Å². The van der Waals surface area contributed by atoms with Gasteiger partial charge in [0.05, 0.1) is 6.21 Å². The van der Waals surface area contributed by atoms with Crippen LogP contribution in [-0.4, -0.2) is 11.4 Å². The Morgan fingerprint density at radius 2 is 1.50 bits per heavy atom. The molecule has 0 aliphatic heterocycles. The van der Waals surface area contributed by atoms with E-state index in [0.29, 0.717) is 0 Å². The summed E-state index contributed by atoms with van der Waals surface area (Å²) in [6.07, 6.45) is 1.40. The Morgan fingerprint density at radius 3 is 2.12 bits per heavy atom. The van der Waals surface area contributed by atoms with E-state index in [1.807, 2.05) is 54.6 Å². The van der Waals surface area contributed by atoms with Gasteiger partial charge in [-0.1, -0.05) is 35.5 Å². The Hall–Kier alpha value is -2.29. The Labute approximate surface area is 94.0 Å². The van der Waals surface area contributed by atoms with E-state index in [2.05, 4.69) is 10.5 Å².